The molecule has 0 radical (unpaired) electrons. The van der Waals surface area contributed by atoms with Crippen LogP contribution in [0.15, 0.2) is 61.1 Å². The maximum Gasteiger partial charge on any atom is 0.323 e. The Morgan fingerprint density at radius 2 is 2.00 bits per heavy atom. The lowest BCUT2D eigenvalue weighted by Crippen LogP contribution is -2.49. The van der Waals surface area contributed by atoms with Crippen molar-refractivity contribution in [1.82, 2.24) is 25.2 Å². The Labute approximate surface area is 188 Å². The first-order chi connectivity index (χ1) is 16.0. The summed E-state index contributed by atoms with van der Waals surface area (Å²) in [5.41, 5.74) is 0.00437. The average molecular weight is 441 g/mol. The molecule has 3 amide bonds. The third kappa shape index (κ3) is 3.64. The Kier molecular flexibility index (Phi) is 4.75. The summed E-state index contributed by atoms with van der Waals surface area (Å²) >= 11 is 0. The molecule has 1 saturated heterocycles. The monoisotopic (exact) mass is 441 g/mol. The molecule has 0 saturated carbocycles. The van der Waals surface area contributed by atoms with Gasteiger partial charge in [-0.3, -0.25) is 10.1 Å². The van der Waals surface area contributed by atoms with Crippen LogP contribution in [0.25, 0.3) is 22.2 Å². The number of hydrogen-bond donors (Lipinski definition) is 4. The predicted molar refractivity (Wildman–Crippen MR) is 120 cm³/mol. The lowest BCUT2D eigenvalue weighted by Gasteiger charge is -2.20. The Balaban J connectivity index is 1.49. The Hall–Kier alpha value is -4.71. The van der Waals surface area contributed by atoms with Gasteiger partial charge in [0, 0.05) is 40.5 Å². The first-order valence-corrected chi connectivity index (χ1v) is 10.1. The molecule has 5 rings (SSSR count). The van der Waals surface area contributed by atoms with E-state index in [1.807, 2.05) is 12.1 Å². The van der Waals surface area contributed by atoms with Gasteiger partial charge in [0.15, 0.2) is 5.88 Å². The molecule has 3 heterocycles. The molecule has 0 spiro atoms. The van der Waals surface area contributed by atoms with Crippen molar-refractivity contribution >= 4 is 22.7 Å². The number of hydrogen-bond acceptors (Lipinski definition) is 5. The number of aromatic nitrogens is 3. The van der Waals surface area contributed by atoms with Gasteiger partial charge >= 0.3 is 6.03 Å². The number of ether oxygens (including phenoxy) is 1. The van der Waals surface area contributed by atoms with Crippen LogP contribution in [0.1, 0.15) is 5.56 Å². The summed E-state index contributed by atoms with van der Waals surface area (Å²) in [5.74, 6) is 6.58. The van der Waals surface area contributed by atoms with E-state index in [2.05, 4.69) is 32.4 Å². The maximum absolute atomic E-state index is 12.7. The molecule has 1 aliphatic heterocycles. The van der Waals surface area contributed by atoms with Gasteiger partial charge in [-0.05, 0) is 30.3 Å². The summed E-state index contributed by atoms with van der Waals surface area (Å²) in [6.07, 6.45) is 5.11. The average Bonchev–Trinajstić information content (AvgIpc) is 3.52. The summed E-state index contributed by atoms with van der Waals surface area (Å²) < 4.78 is 6.71. The number of methoxy groups -OCH3 is 1. The SMILES string of the molecule is COc1ccc2cn(C[C@@]3(C#Cc4ccc(-c5ncc[nH]5)cc4)NC(=O)NC3=O)c(O)c2c1. The van der Waals surface area contributed by atoms with Crippen molar-refractivity contribution in [2.75, 3.05) is 7.11 Å². The number of urea groups is 1. The first-order valence-electron chi connectivity index (χ1n) is 10.1. The fraction of sp³-hybridized carbons (Fsp3) is 0.125. The Bertz CT molecular complexity index is 1430. The van der Waals surface area contributed by atoms with Crippen LogP contribution in [-0.4, -0.2) is 44.2 Å². The van der Waals surface area contributed by atoms with Crippen LogP contribution in [0.2, 0.25) is 0 Å². The van der Waals surface area contributed by atoms with E-state index in [0.717, 1.165) is 16.8 Å². The molecule has 2 aromatic carbocycles. The van der Waals surface area contributed by atoms with Crippen molar-refractivity contribution < 1.29 is 19.4 Å². The van der Waals surface area contributed by atoms with Gasteiger partial charge < -0.3 is 24.7 Å². The number of rotatable bonds is 4. The largest absolute Gasteiger partial charge is 0.497 e. The van der Waals surface area contributed by atoms with Gasteiger partial charge in [0.1, 0.15) is 11.6 Å². The zero-order valence-corrected chi connectivity index (χ0v) is 17.5. The molecule has 33 heavy (non-hydrogen) atoms. The van der Waals surface area contributed by atoms with Gasteiger partial charge in [-0.2, -0.15) is 0 Å². The third-order valence-electron chi connectivity index (χ3n) is 5.49. The summed E-state index contributed by atoms with van der Waals surface area (Å²) in [7, 11) is 1.54. The summed E-state index contributed by atoms with van der Waals surface area (Å²) in [6.45, 7) is -0.0785. The number of aromatic hydroxyl groups is 1. The third-order valence-corrected chi connectivity index (χ3v) is 5.49. The molecule has 1 fully saturated rings. The normalized spacial score (nSPS) is 17.4. The van der Waals surface area contributed by atoms with Crippen LogP contribution in [-0.2, 0) is 11.3 Å². The van der Waals surface area contributed by atoms with E-state index >= 15 is 0 Å². The molecular formula is C24H19N5O4. The van der Waals surface area contributed by atoms with E-state index < -0.39 is 17.5 Å². The highest BCUT2D eigenvalue weighted by Crippen LogP contribution is 2.32. The standard InChI is InChI=1S/C24H19N5O4/c1-33-18-7-6-17-13-29(21(30)19(17)12-18)14-24(22(31)27-23(32)28-24)9-8-15-2-4-16(5-3-15)20-25-10-11-26-20/h2-7,10-13,30H,14H2,1H3,(H,25,26)(H2,27,28,31,32)/t24-/m1/s1. The molecule has 9 heteroatoms. The second-order valence-corrected chi connectivity index (χ2v) is 7.61. The van der Waals surface area contributed by atoms with E-state index in [1.165, 1.54) is 4.57 Å². The quantitative estimate of drug-likeness (QED) is 0.286. The number of benzene rings is 2. The van der Waals surface area contributed by atoms with Crippen molar-refractivity contribution in [3.05, 3.63) is 66.6 Å². The van der Waals surface area contributed by atoms with E-state index in [4.69, 9.17) is 4.74 Å². The van der Waals surface area contributed by atoms with Crippen LogP contribution >= 0.6 is 0 Å². The molecule has 164 valence electrons. The maximum atomic E-state index is 12.7. The highest BCUT2D eigenvalue weighted by molar-refractivity contribution is 6.09. The van der Waals surface area contributed by atoms with Gasteiger partial charge in [0.05, 0.1) is 13.7 Å². The molecule has 9 nitrogen and oxygen atoms in total. The van der Waals surface area contributed by atoms with Crippen molar-refractivity contribution in [3.63, 3.8) is 0 Å². The molecule has 0 unspecified atom stereocenters. The highest BCUT2D eigenvalue weighted by atomic mass is 16.5. The lowest BCUT2D eigenvalue weighted by atomic mass is 9.99. The van der Waals surface area contributed by atoms with Gasteiger partial charge in [-0.25, -0.2) is 9.78 Å². The van der Waals surface area contributed by atoms with Crippen LogP contribution in [0.3, 0.4) is 0 Å². The number of H-pyrrole nitrogens is 1. The van der Waals surface area contributed by atoms with E-state index in [0.29, 0.717) is 16.7 Å². The minimum absolute atomic E-state index is 0.0539. The van der Waals surface area contributed by atoms with Crippen LogP contribution in [0.5, 0.6) is 11.6 Å². The Morgan fingerprint density at radius 3 is 2.67 bits per heavy atom. The number of fused-ring (bicyclic) bond motifs is 1. The number of imide groups is 1. The number of aromatic amines is 1. The van der Waals surface area contributed by atoms with Crippen LogP contribution in [0.4, 0.5) is 4.79 Å². The number of carbonyl (C=O) groups is 2. The second-order valence-electron chi connectivity index (χ2n) is 7.61. The number of imidazole rings is 1. The predicted octanol–water partition coefficient (Wildman–Crippen LogP) is 2.38. The number of nitrogens with zero attached hydrogens (tertiary/aromatic N) is 2. The molecule has 1 aliphatic rings. The number of nitrogens with one attached hydrogen (secondary N) is 3. The number of carbonyl (C=O) groups excluding carboxylic acids is 2. The molecule has 4 N–H and O–H groups in total. The van der Waals surface area contributed by atoms with E-state index in [1.54, 1.807) is 56.0 Å². The minimum Gasteiger partial charge on any atom is -0.497 e. The number of amides is 3. The highest BCUT2D eigenvalue weighted by Gasteiger charge is 2.46. The smallest absolute Gasteiger partial charge is 0.323 e. The second kappa shape index (κ2) is 7.76. The van der Waals surface area contributed by atoms with Gasteiger partial charge in [-0.15, -0.1) is 0 Å². The minimum atomic E-state index is -1.55. The fourth-order valence-electron chi connectivity index (χ4n) is 3.77. The topological polar surface area (TPSA) is 121 Å². The summed E-state index contributed by atoms with van der Waals surface area (Å²) in [5, 5.41) is 16.9. The van der Waals surface area contributed by atoms with Gasteiger partial charge in [0.2, 0.25) is 5.54 Å². The van der Waals surface area contributed by atoms with Crippen molar-refractivity contribution in [2.24, 2.45) is 0 Å². The molecular weight excluding hydrogens is 422 g/mol. The molecule has 2 aromatic heterocycles. The molecule has 4 aromatic rings. The fourth-order valence-corrected chi connectivity index (χ4v) is 3.77. The molecule has 1 atom stereocenters. The van der Waals surface area contributed by atoms with E-state index in [-0.39, 0.29) is 12.4 Å². The van der Waals surface area contributed by atoms with Gasteiger partial charge in [-0.1, -0.05) is 24.0 Å². The molecule has 0 bridgehead atoms. The summed E-state index contributed by atoms with van der Waals surface area (Å²) in [6, 6.07) is 12.0. The van der Waals surface area contributed by atoms with Crippen LogP contribution < -0.4 is 15.4 Å². The van der Waals surface area contributed by atoms with E-state index in [9.17, 15) is 14.7 Å². The lowest BCUT2D eigenvalue weighted by molar-refractivity contribution is -0.122. The zero-order chi connectivity index (χ0) is 23.0. The molecule has 0 aliphatic carbocycles. The van der Waals surface area contributed by atoms with Crippen molar-refractivity contribution in [2.45, 2.75) is 12.1 Å². The van der Waals surface area contributed by atoms with Gasteiger partial charge in [0.25, 0.3) is 5.91 Å². The zero-order valence-electron chi connectivity index (χ0n) is 17.5. The first kappa shape index (κ1) is 20.2. The Morgan fingerprint density at radius 1 is 1.18 bits per heavy atom. The van der Waals surface area contributed by atoms with Crippen molar-refractivity contribution in [3.8, 4) is 34.9 Å². The van der Waals surface area contributed by atoms with Crippen LogP contribution in [0, 0.1) is 11.8 Å². The summed E-state index contributed by atoms with van der Waals surface area (Å²) in [4.78, 5) is 32.0. The van der Waals surface area contributed by atoms with Crippen molar-refractivity contribution in [1.29, 1.82) is 0 Å².